The van der Waals surface area contributed by atoms with Crippen molar-refractivity contribution >= 4 is 0 Å². The molecule has 1 nitrogen and oxygen atoms in total. The number of hydrogen-bond acceptors (Lipinski definition) is 0. The molecular weight excluding hydrogens is 228 g/mol. The summed E-state index contributed by atoms with van der Waals surface area (Å²) >= 11 is 0. The molecule has 0 saturated heterocycles. The zero-order chi connectivity index (χ0) is 0. The Morgan fingerprint density at radius 3 is 1.00 bits per heavy atom. The van der Waals surface area contributed by atoms with Crippen molar-refractivity contribution in [1.82, 2.24) is 0 Å². The van der Waals surface area contributed by atoms with E-state index in [1.54, 1.807) is 0 Å². The van der Waals surface area contributed by atoms with E-state index in [0.29, 0.717) is 0 Å². The molecular formula is H2CoMoNNi-. The number of nitrogens with two attached hydrogens (primary N) is 1. The first-order chi connectivity index (χ1) is 0. The van der Waals surface area contributed by atoms with Crippen molar-refractivity contribution in [2.45, 2.75) is 0 Å². The topological polar surface area (TPSA) is 33.5 Å². The van der Waals surface area contributed by atoms with E-state index in [0.717, 1.165) is 0 Å². The summed E-state index contributed by atoms with van der Waals surface area (Å²) in [4.78, 5) is 0. The van der Waals surface area contributed by atoms with E-state index in [1.807, 2.05) is 0 Å². The van der Waals surface area contributed by atoms with Crippen LogP contribution in [0.4, 0.5) is 0 Å². The Labute approximate surface area is 60.3 Å². The monoisotopic (exact) mass is 231 g/mol. The maximum absolute atomic E-state index is 0. The average molecular weight is 230 g/mol. The molecule has 0 aliphatic rings. The molecule has 0 unspecified atom stereocenters. The normalized spacial score (nSPS) is 0. The van der Waals surface area contributed by atoms with Gasteiger partial charge >= 0.3 is 0 Å². The Hall–Kier alpha value is 1.65. The molecule has 0 aliphatic heterocycles. The van der Waals surface area contributed by atoms with Gasteiger partial charge < -0.3 is 6.15 Å². The standard InChI is InChI=1S/Co.Mo.H2N.Ni/h;;1H2;/q;;-1;. The smallest absolute Gasteiger partial charge is 0 e. The fourth-order valence-corrected chi connectivity index (χ4v) is 0. The summed E-state index contributed by atoms with van der Waals surface area (Å²) in [5, 5.41) is 0. The van der Waals surface area contributed by atoms with Crippen LogP contribution in [0.5, 0.6) is 0 Å². The second-order valence-corrected chi connectivity index (χ2v) is 0. The molecule has 33 valence electrons. The molecule has 0 aliphatic carbocycles. The predicted octanol–water partition coefficient (Wildman–Crippen LogP) is 0.710. The van der Waals surface area contributed by atoms with E-state index >= 15 is 0 Å². The molecule has 0 rings (SSSR count). The van der Waals surface area contributed by atoms with Gasteiger partial charge in [0.15, 0.2) is 0 Å². The van der Waals surface area contributed by atoms with Gasteiger partial charge in [-0.1, -0.05) is 0 Å². The average Bonchev–Trinajstić information content (AvgIpc) is 0. The van der Waals surface area contributed by atoms with Gasteiger partial charge in [0.1, 0.15) is 0 Å². The van der Waals surface area contributed by atoms with Crippen LogP contribution in [0.2, 0.25) is 0 Å². The fraction of sp³-hybridized carbons (Fsp3) is 0. The minimum absolute atomic E-state index is 0. The van der Waals surface area contributed by atoms with Gasteiger partial charge in [0.25, 0.3) is 0 Å². The van der Waals surface area contributed by atoms with Crippen LogP contribution < -0.4 is 0 Å². The molecule has 0 aromatic carbocycles. The van der Waals surface area contributed by atoms with Crippen molar-refractivity contribution in [2.24, 2.45) is 0 Å². The Morgan fingerprint density at radius 2 is 1.00 bits per heavy atom. The van der Waals surface area contributed by atoms with Crippen molar-refractivity contribution in [3.8, 4) is 0 Å². The van der Waals surface area contributed by atoms with Gasteiger partial charge in [-0.15, -0.1) is 0 Å². The molecule has 0 saturated carbocycles. The van der Waals surface area contributed by atoms with Crippen molar-refractivity contribution < 1.29 is 54.3 Å². The number of hydrogen-bond donors (Lipinski definition) is 0. The summed E-state index contributed by atoms with van der Waals surface area (Å²) in [6.45, 7) is 0. The summed E-state index contributed by atoms with van der Waals surface area (Å²) < 4.78 is 0. The van der Waals surface area contributed by atoms with Gasteiger partial charge in [-0.05, 0) is 0 Å². The van der Waals surface area contributed by atoms with Crippen LogP contribution in [0.3, 0.4) is 0 Å². The predicted molar refractivity (Wildman–Crippen MR) is 5.28 cm³/mol. The van der Waals surface area contributed by atoms with Crippen LogP contribution in [0.15, 0.2) is 0 Å². The van der Waals surface area contributed by atoms with Crippen LogP contribution in [0.25, 0.3) is 6.15 Å². The van der Waals surface area contributed by atoms with E-state index in [4.69, 9.17) is 0 Å². The first kappa shape index (κ1) is 44.9. The molecule has 4 heteroatoms. The zero-order valence-electron chi connectivity index (χ0n) is 1.64. The van der Waals surface area contributed by atoms with E-state index in [2.05, 4.69) is 0 Å². The van der Waals surface area contributed by atoms with Gasteiger partial charge in [0, 0.05) is 54.3 Å². The summed E-state index contributed by atoms with van der Waals surface area (Å²) in [6, 6.07) is 0. The van der Waals surface area contributed by atoms with Gasteiger partial charge in [0.05, 0.1) is 0 Å². The van der Waals surface area contributed by atoms with Gasteiger partial charge in [0.2, 0.25) is 0 Å². The third kappa shape index (κ3) is 9.42. The quantitative estimate of drug-likeness (QED) is 0.549. The number of rotatable bonds is 0. The molecule has 1 radical (unpaired) electrons. The van der Waals surface area contributed by atoms with Crippen molar-refractivity contribution in [2.75, 3.05) is 0 Å². The van der Waals surface area contributed by atoms with E-state index < -0.39 is 0 Å². The van der Waals surface area contributed by atoms with Crippen molar-refractivity contribution in [1.29, 1.82) is 0 Å². The molecule has 4 heavy (non-hydrogen) atoms. The Morgan fingerprint density at radius 1 is 1.00 bits per heavy atom. The first-order valence-corrected chi connectivity index (χ1v) is 0. The zero-order valence-corrected chi connectivity index (χ0v) is 5.67. The van der Waals surface area contributed by atoms with E-state index in [-0.39, 0.29) is 60.5 Å². The van der Waals surface area contributed by atoms with Gasteiger partial charge in [-0.3, -0.25) is 0 Å². The SMILES string of the molecule is [Co].[Mo].[NH2-].[Ni]. The summed E-state index contributed by atoms with van der Waals surface area (Å²) in [7, 11) is 0. The fourth-order valence-electron chi connectivity index (χ4n) is 0. The van der Waals surface area contributed by atoms with Crippen molar-refractivity contribution in [3.63, 3.8) is 0 Å². The summed E-state index contributed by atoms with van der Waals surface area (Å²) in [6.07, 6.45) is 0. The Bertz CT molecular complexity index is 8.00. The van der Waals surface area contributed by atoms with Gasteiger partial charge in [-0.25, -0.2) is 0 Å². The van der Waals surface area contributed by atoms with Crippen LogP contribution in [-0.4, -0.2) is 0 Å². The van der Waals surface area contributed by atoms with Crippen LogP contribution in [-0.2, 0) is 54.3 Å². The van der Waals surface area contributed by atoms with Crippen LogP contribution >= 0.6 is 0 Å². The second-order valence-electron chi connectivity index (χ2n) is 0. The molecule has 0 fully saturated rings. The third-order valence-corrected chi connectivity index (χ3v) is 0. The molecule has 0 amide bonds. The molecule has 0 bridgehead atoms. The van der Waals surface area contributed by atoms with E-state index in [1.165, 1.54) is 0 Å². The maximum atomic E-state index is 0. The largest absolute Gasteiger partial charge is 0.693 e. The molecule has 0 atom stereocenters. The minimum atomic E-state index is 0. The van der Waals surface area contributed by atoms with Crippen LogP contribution in [0.1, 0.15) is 0 Å². The molecule has 0 spiro atoms. The second kappa shape index (κ2) is 22.8. The van der Waals surface area contributed by atoms with E-state index in [9.17, 15) is 0 Å². The molecule has 2 N–H and O–H groups in total. The Balaban J connectivity index is 0. The first-order valence-electron chi connectivity index (χ1n) is 0. The minimum Gasteiger partial charge on any atom is -0.693 e. The summed E-state index contributed by atoms with van der Waals surface area (Å²) in [5.74, 6) is 0. The third-order valence-electron chi connectivity index (χ3n) is 0. The molecule has 0 aromatic heterocycles. The van der Waals surface area contributed by atoms with Crippen molar-refractivity contribution in [3.05, 3.63) is 6.15 Å². The van der Waals surface area contributed by atoms with Gasteiger partial charge in [-0.2, -0.15) is 0 Å². The van der Waals surface area contributed by atoms with Crippen LogP contribution in [0, 0.1) is 0 Å². The molecule has 0 heterocycles. The Kier molecular flexibility index (Phi) is 256. The summed E-state index contributed by atoms with van der Waals surface area (Å²) in [5.41, 5.74) is 0. The molecule has 0 aromatic rings. The maximum Gasteiger partial charge on any atom is 0 e.